The molecule has 1 aromatic heterocycles. The van der Waals surface area contributed by atoms with Crippen LogP contribution in [-0.2, 0) is 5.75 Å². The van der Waals surface area contributed by atoms with Gasteiger partial charge in [-0.3, -0.25) is 9.78 Å². The number of hydrogen-bond acceptors (Lipinski definition) is 4. The maximum Gasteiger partial charge on any atom is 0.252 e. The van der Waals surface area contributed by atoms with Crippen LogP contribution in [0.15, 0.2) is 22.5 Å². The first-order chi connectivity index (χ1) is 10.1. The van der Waals surface area contributed by atoms with E-state index >= 15 is 0 Å². The zero-order valence-electron chi connectivity index (χ0n) is 12.9. The molecule has 0 bridgehead atoms. The molecule has 1 aromatic rings. The molecule has 1 heterocycles. The number of H-pyrrole nitrogens is 1. The first-order valence-corrected chi connectivity index (χ1v) is 8.82. The van der Waals surface area contributed by atoms with Crippen LogP contribution in [0.2, 0.25) is 0 Å². The Kier molecular flexibility index (Phi) is 6.36. The van der Waals surface area contributed by atoms with Gasteiger partial charge < -0.3 is 5.32 Å². The lowest BCUT2D eigenvalue weighted by Crippen LogP contribution is -2.15. The molecular formula is C16H25N3OS. The molecule has 0 unspecified atom stereocenters. The summed E-state index contributed by atoms with van der Waals surface area (Å²) in [6.07, 6.45) is 8.46. The Morgan fingerprint density at radius 2 is 2.29 bits per heavy atom. The fraction of sp³-hybridized carbons (Fsp3) is 0.625. The highest BCUT2D eigenvalue weighted by Crippen LogP contribution is 2.20. The summed E-state index contributed by atoms with van der Waals surface area (Å²) in [5.41, 5.74) is 2.29. The van der Waals surface area contributed by atoms with Crippen molar-refractivity contribution in [3.05, 3.63) is 33.8 Å². The van der Waals surface area contributed by atoms with Gasteiger partial charge in [-0.15, -0.1) is 0 Å². The lowest BCUT2D eigenvalue weighted by atomic mass is 9.97. The van der Waals surface area contributed by atoms with Crippen molar-refractivity contribution in [3.63, 3.8) is 0 Å². The van der Waals surface area contributed by atoms with Crippen molar-refractivity contribution >= 4 is 17.7 Å². The molecule has 0 saturated heterocycles. The Hall–Kier alpha value is -1.23. The molecule has 2 N–H and O–H groups in total. The van der Waals surface area contributed by atoms with E-state index in [0.717, 1.165) is 24.4 Å². The van der Waals surface area contributed by atoms with Crippen molar-refractivity contribution < 1.29 is 0 Å². The highest BCUT2D eigenvalue weighted by molar-refractivity contribution is 7.99. The normalized spacial score (nSPS) is 15.1. The fourth-order valence-corrected chi connectivity index (χ4v) is 3.04. The minimum absolute atomic E-state index is 0.0799. The standard InChI is InChI=1S/C16H25N3OS/c1-12(2)21-11-14-10-15(20)19-16(18-14)17-9-8-13-6-4-3-5-7-13/h6,10,12H,3-5,7-9,11H2,1-2H3,(H2,17,18,19,20). The highest BCUT2D eigenvalue weighted by atomic mass is 32.2. The van der Waals surface area contributed by atoms with Gasteiger partial charge in [0, 0.05) is 18.4 Å². The highest BCUT2D eigenvalue weighted by Gasteiger charge is 2.05. The molecule has 0 aliphatic heterocycles. The van der Waals surface area contributed by atoms with Gasteiger partial charge in [0.05, 0.1) is 5.69 Å². The summed E-state index contributed by atoms with van der Waals surface area (Å²) in [6.45, 7) is 5.12. The monoisotopic (exact) mass is 307 g/mol. The smallest absolute Gasteiger partial charge is 0.252 e. The molecule has 0 radical (unpaired) electrons. The third kappa shape index (κ3) is 5.96. The molecule has 1 aliphatic carbocycles. The number of aromatic amines is 1. The molecule has 2 rings (SSSR count). The third-order valence-corrected chi connectivity index (χ3v) is 4.61. The number of hydrogen-bond donors (Lipinski definition) is 2. The second kappa shape index (κ2) is 8.27. The molecular weight excluding hydrogens is 282 g/mol. The van der Waals surface area contributed by atoms with Crippen LogP contribution in [-0.4, -0.2) is 21.8 Å². The van der Waals surface area contributed by atoms with Crippen molar-refractivity contribution in [3.8, 4) is 0 Å². The van der Waals surface area contributed by atoms with Crippen LogP contribution in [0.1, 0.15) is 51.6 Å². The molecule has 5 heteroatoms. The second-order valence-corrected chi connectivity index (χ2v) is 7.29. The van der Waals surface area contributed by atoms with Crippen molar-refractivity contribution in [2.45, 2.75) is 57.0 Å². The zero-order valence-corrected chi connectivity index (χ0v) is 13.8. The quantitative estimate of drug-likeness (QED) is 0.754. The van der Waals surface area contributed by atoms with Crippen LogP contribution in [0.4, 0.5) is 5.95 Å². The summed E-state index contributed by atoms with van der Waals surface area (Å²) < 4.78 is 0. The number of nitrogens with one attached hydrogen (secondary N) is 2. The van der Waals surface area contributed by atoms with Crippen LogP contribution in [0.3, 0.4) is 0 Å². The Labute approximate surface area is 130 Å². The van der Waals surface area contributed by atoms with Gasteiger partial charge >= 0.3 is 0 Å². The lowest BCUT2D eigenvalue weighted by Gasteiger charge is -2.13. The van der Waals surface area contributed by atoms with Crippen LogP contribution in [0, 0.1) is 0 Å². The third-order valence-electron chi connectivity index (χ3n) is 3.48. The first-order valence-electron chi connectivity index (χ1n) is 7.77. The summed E-state index contributed by atoms with van der Waals surface area (Å²) in [4.78, 5) is 18.9. The van der Waals surface area contributed by atoms with Gasteiger partial charge in [0.25, 0.3) is 5.56 Å². The van der Waals surface area contributed by atoms with E-state index in [4.69, 9.17) is 0 Å². The summed E-state index contributed by atoms with van der Waals surface area (Å²) in [5.74, 6) is 1.37. The van der Waals surface area contributed by atoms with Gasteiger partial charge in [-0.2, -0.15) is 11.8 Å². The molecule has 0 atom stereocenters. The minimum atomic E-state index is -0.0799. The molecule has 0 amide bonds. The van der Waals surface area contributed by atoms with Crippen molar-refractivity contribution in [1.82, 2.24) is 9.97 Å². The van der Waals surface area contributed by atoms with E-state index < -0.39 is 0 Å². The predicted molar refractivity (Wildman–Crippen MR) is 90.9 cm³/mol. The molecule has 1 aliphatic rings. The average Bonchev–Trinajstić information content (AvgIpc) is 2.46. The van der Waals surface area contributed by atoms with E-state index in [2.05, 4.69) is 35.2 Å². The number of allylic oxidation sites excluding steroid dienone is 1. The van der Waals surface area contributed by atoms with Gasteiger partial charge in [0.15, 0.2) is 0 Å². The summed E-state index contributed by atoms with van der Waals surface area (Å²) in [7, 11) is 0. The van der Waals surface area contributed by atoms with Crippen LogP contribution in [0.25, 0.3) is 0 Å². The van der Waals surface area contributed by atoms with Crippen molar-refractivity contribution in [2.24, 2.45) is 0 Å². The van der Waals surface area contributed by atoms with E-state index in [1.807, 2.05) is 0 Å². The Morgan fingerprint density at radius 1 is 1.43 bits per heavy atom. The number of aromatic nitrogens is 2. The van der Waals surface area contributed by atoms with Gasteiger partial charge in [-0.05, 0) is 37.4 Å². The van der Waals surface area contributed by atoms with E-state index in [1.54, 1.807) is 17.8 Å². The second-order valence-electron chi connectivity index (χ2n) is 5.73. The molecule has 4 nitrogen and oxygen atoms in total. The predicted octanol–water partition coefficient (Wildman–Crippen LogP) is 3.71. The number of thioether (sulfide) groups is 1. The van der Waals surface area contributed by atoms with Crippen LogP contribution >= 0.6 is 11.8 Å². The van der Waals surface area contributed by atoms with Gasteiger partial charge in [0.2, 0.25) is 5.95 Å². The van der Waals surface area contributed by atoms with Gasteiger partial charge in [-0.25, -0.2) is 4.98 Å². The molecule has 0 spiro atoms. The van der Waals surface area contributed by atoms with E-state index in [1.165, 1.54) is 31.3 Å². The minimum Gasteiger partial charge on any atom is -0.355 e. The molecule has 116 valence electrons. The van der Waals surface area contributed by atoms with Crippen LogP contribution < -0.4 is 10.9 Å². The molecule has 21 heavy (non-hydrogen) atoms. The van der Waals surface area contributed by atoms with Crippen molar-refractivity contribution in [2.75, 3.05) is 11.9 Å². The van der Waals surface area contributed by atoms with E-state index in [-0.39, 0.29) is 5.56 Å². The largest absolute Gasteiger partial charge is 0.355 e. The summed E-state index contributed by atoms with van der Waals surface area (Å²) in [5, 5.41) is 3.79. The number of rotatable bonds is 7. The summed E-state index contributed by atoms with van der Waals surface area (Å²) >= 11 is 1.80. The maximum absolute atomic E-state index is 11.7. The van der Waals surface area contributed by atoms with Gasteiger partial charge in [0.1, 0.15) is 0 Å². The van der Waals surface area contributed by atoms with Gasteiger partial charge in [-0.1, -0.05) is 25.5 Å². The first kappa shape index (κ1) is 16.1. The zero-order chi connectivity index (χ0) is 15.1. The Morgan fingerprint density at radius 3 is 3.00 bits per heavy atom. The van der Waals surface area contributed by atoms with Crippen molar-refractivity contribution in [1.29, 1.82) is 0 Å². The molecule has 0 saturated carbocycles. The van der Waals surface area contributed by atoms with E-state index in [9.17, 15) is 4.79 Å². The van der Waals surface area contributed by atoms with E-state index in [0.29, 0.717) is 11.2 Å². The SMILES string of the molecule is CC(C)SCc1cc(=O)[nH]c(NCCC2=CCCCC2)n1. The fourth-order valence-electron chi connectivity index (χ4n) is 2.39. The summed E-state index contributed by atoms with van der Waals surface area (Å²) in [6, 6.07) is 1.59. The molecule has 0 aromatic carbocycles. The van der Waals surface area contributed by atoms with Crippen LogP contribution in [0.5, 0.6) is 0 Å². The number of anilines is 1. The Balaban J connectivity index is 1.87. The number of nitrogens with zero attached hydrogens (tertiary/aromatic N) is 1. The maximum atomic E-state index is 11.7. The topological polar surface area (TPSA) is 57.8 Å². The Bertz CT molecular complexity index is 537. The lowest BCUT2D eigenvalue weighted by molar-refractivity contribution is 0.679. The molecule has 0 fully saturated rings. The average molecular weight is 307 g/mol.